The van der Waals surface area contributed by atoms with Gasteiger partial charge in [-0.05, 0) is 6.07 Å². The Morgan fingerprint density at radius 2 is 1.94 bits per heavy atom. The minimum Gasteiger partial charge on any atom is -0.495 e. The monoisotopic (exact) mass is 299 g/mol. The van der Waals surface area contributed by atoms with E-state index in [2.05, 4.69) is 4.74 Å². The first kappa shape index (κ1) is 14.6. The third kappa shape index (κ3) is 2.86. The lowest BCUT2D eigenvalue weighted by Crippen LogP contribution is -2.11. The lowest BCUT2D eigenvalue weighted by atomic mass is 10.1. The highest BCUT2D eigenvalue weighted by Gasteiger charge is 2.38. The van der Waals surface area contributed by atoms with Crippen molar-refractivity contribution in [2.24, 2.45) is 0 Å². The Balaban J connectivity index is 3.75. The second-order valence-electron chi connectivity index (χ2n) is 3.10. The highest BCUT2D eigenvalue weighted by atomic mass is 35.7. The number of nitrogens with zero attached hydrogens (tertiary/aromatic N) is 1. The molecule has 1 aromatic carbocycles. The third-order valence-electron chi connectivity index (χ3n) is 1.99. The lowest BCUT2D eigenvalue weighted by Gasteiger charge is -2.13. The number of hydrogen-bond acceptors (Lipinski definition) is 4. The Kier molecular flexibility index (Phi) is 3.78. The maximum atomic E-state index is 12.7. The number of hydrogen-bond donors (Lipinski definition) is 0. The van der Waals surface area contributed by atoms with E-state index >= 15 is 0 Å². The molecule has 0 saturated carbocycles. The molecule has 0 aliphatic heterocycles. The van der Waals surface area contributed by atoms with E-state index in [9.17, 15) is 21.6 Å². The van der Waals surface area contributed by atoms with Crippen LogP contribution in [-0.4, -0.2) is 15.5 Å². The Hall–Kier alpha value is -1.46. The molecule has 18 heavy (non-hydrogen) atoms. The molecule has 0 spiro atoms. The van der Waals surface area contributed by atoms with Crippen LogP contribution in [-0.2, 0) is 15.2 Å². The Morgan fingerprint density at radius 3 is 2.28 bits per heavy atom. The van der Waals surface area contributed by atoms with Crippen molar-refractivity contribution < 1.29 is 26.3 Å². The van der Waals surface area contributed by atoms with Crippen molar-refractivity contribution >= 4 is 19.7 Å². The SMILES string of the molecule is COc1cc(S(=O)(=O)Cl)c(C(F)(F)F)cc1C#N. The van der Waals surface area contributed by atoms with Gasteiger partial charge in [-0.1, -0.05) is 0 Å². The van der Waals surface area contributed by atoms with E-state index in [-0.39, 0.29) is 5.75 Å². The molecule has 0 unspecified atom stereocenters. The van der Waals surface area contributed by atoms with Gasteiger partial charge in [0.05, 0.1) is 23.1 Å². The normalized spacial score (nSPS) is 12.0. The Bertz CT molecular complexity index is 619. The molecule has 1 aromatic rings. The predicted molar refractivity (Wildman–Crippen MR) is 55.7 cm³/mol. The fraction of sp³-hybridized carbons (Fsp3) is 0.222. The molecule has 0 N–H and O–H groups in total. The van der Waals surface area contributed by atoms with Crippen LogP contribution in [0.25, 0.3) is 0 Å². The average molecular weight is 300 g/mol. The summed E-state index contributed by atoms with van der Waals surface area (Å²) in [5.74, 6) is -0.301. The van der Waals surface area contributed by atoms with Crippen molar-refractivity contribution in [3.63, 3.8) is 0 Å². The molecule has 0 aliphatic rings. The van der Waals surface area contributed by atoms with Crippen LogP contribution in [0.4, 0.5) is 13.2 Å². The first-order valence-corrected chi connectivity index (χ1v) is 6.56. The molecule has 0 aliphatic carbocycles. The van der Waals surface area contributed by atoms with Gasteiger partial charge in [-0.2, -0.15) is 18.4 Å². The fourth-order valence-corrected chi connectivity index (χ4v) is 2.31. The van der Waals surface area contributed by atoms with Crippen LogP contribution in [0.1, 0.15) is 11.1 Å². The van der Waals surface area contributed by atoms with Gasteiger partial charge < -0.3 is 4.74 Å². The topological polar surface area (TPSA) is 67.2 Å². The van der Waals surface area contributed by atoms with E-state index in [0.717, 1.165) is 7.11 Å². The number of rotatable bonds is 2. The predicted octanol–water partition coefficient (Wildman–Crippen LogP) is 2.51. The summed E-state index contributed by atoms with van der Waals surface area (Å²) >= 11 is 0. The number of methoxy groups -OCH3 is 1. The van der Waals surface area contributed by atoms with Gasteiger partial charge >= 0.3 is 6.18 Å². The largest absolute Gasteiger partial charge is 0.495 e. The summed E-state index contributed by atoms with van der Waals surface area (Å²) in [7, 11) is 1.41. The molecule has 0 saturated heterocycles. The van der Waals surface area contributed by atoms with Gasteiger partial charge in [0.15, 0.2) is 0 Å². The van der Waals surface area contributed by atoms with Crippen LogP contribution in [0.3, 0.4) is 0 Å². The number of nitriles is 1. The molecule has 0 aromatic heterocycles. The van der Waals surface area contributed by atoms with Gasteiger partial charge in [-0.3, -0.25) is 0 Å². The molecule has 0 bridgehead atoms. The van der Waals surface area contributed by atoms with E-state index < -0.39 is 31.2 Å². The Labute approximate surface area is 105 Å². The van der Waals surface area contributed by atoms with Gasteiger partial charge in [-0.25, -0.2) is 8.42 Å². The van der Waals surface area contributed by atoms with Crippen molar-refractivity contribution in [3.8, 4) is 11.8 Å². The van der Waals surface area contributed by atoms with Crippen molar-refractivity contribution in [1.29, 1.82) is 5.26 Å². The zero-order valence-corrected chi connectivity index (χ0v) is 10.3. The third-order valence-corrected chi connectivity index (χ3v) is 3.35. The highest BCUT2D eigenvalue weighted by Crippen LogP contribution is 2.38. The first-order chi connectivity index (χ1) is 8.11. The van der Waals surface area contributed by atoms with Gasteiger partial charge in [0, 0.05) is 16.7 Å². The fourth-order valence-electron chi connectivity index (χ4n) is 1.24. The summed E-state index contributed by atoms with van der Waals surface area (Å²) in [6.07, 6.45) is -4.95. The van der Waals surface area contributed by atoms with Crippen molar-refractivity contribution in [2.45, 2.75) is 11.1 Å². The van der Waals surface area contributed by atoms with Gasteiger partial charge in [0.25, 0.3) is 9.05 Å². The molecular formula is C9H5ClF3NO3S. The van der Waals surface area contributed by atoms with Gasteiger partial charge in [0.1, 0.15) is 11.8 Å². The standard InChI is InChI=1S/C9H5ClF3NO3S/c1-17-7-3-8(18(10,15)16)6(9(11,12)13)2-5(7)4-14/h2-3H,1H3. The van der Waals surface area contributed by atoms with Crippen LogP contribution >= 0.6 is 10.7 Å². The highest BCUT2D eigenvalue weighted by molar-refractivity contribution is 8.13. The lowest BCUT2D eigenvalue weighted by molar-refractivity contribution is -0.139. The minimum atomic E-state index is -4.95. The van der Waals surface area contributed by atoms with E-state index in [1.807, 2.05) is 0 Å². The van der Waals surface area contributed by atoms with E-state index in [0.29, 0.717) is 12.1 Å². The van der Waals surface area contributed by atoms with Crippen LogP contribution in [0.5, 0.6) is 5.75 Å². The van der Waals surface area contributed by atoms with E-state index in [4.69, 9.17) is 15.9 Å². The number of alkyl halides is 3. The van der Waals surface area contributed by atoms with Crippen LogP contribution < -0.4 is 4.74 Å². The Morgan fingerprint density at radius 1 is 1.39 bits per heavy atom. The molecule has 0 heterocycles. The van der Waals surface area contributed by atoms with E-state index in [1.165, 1.54) is 6.07 Å². The molecule has 4 nitrogen and oxygen atoms in total. The molecule has 0 amide bonds. The van der Waals surface area contributed by atoms with E-state index in [1.54, 1.807) is 0 Å². The summed E-state index contributed by atoms with van der Waals surface area (Å²) in [5.41, 5.74) is -1.94. The second kappa shape index (κ2) is 4.66. The molecule has 9 heteroatoms. The maximum absolute atomic E-state index is 12.7. The molecule has 1 rings (SSSR count). The summed E-state index contributed by atoms with van der Waals surface area (Å²) < 4.78 is 64.8. The average Bonchev–Trinajstić information content (AvgIpc) is 2.24. The van der Waals surface area contributed by atoms with Crippen LogP contribution in [0, 0.1) is 11.3 Å². The van der Waals surface area contributed by atoms with Crippen molar-refractivity contribution in [2.75, 3.05) is 7.11 Å². The first-order valence-electron chi connectivity index (χ1n) is 4.25. The number of halogens is 4. The smallest absolute Gasteiger partial charge is 0.417 e. The molecule has 0 radical (unpaired) electrons. The quantitative estimate of drug-likeness (QED) is 0.787. The zero-order valence-electron chi connectivity index (χ0n) is 8.75. The maximum Gasteiger partial charge on any atom is 0.417 e. The summed E-state index contributed by atoms with van der Waals surface area (Å²) in [6.45, 7) is 0. The zero-order chi connectivity index (χ0) is 14.1. The molecular weight excluding hydrogens is 295 g/mol. The number of ether oxygens (including phenoxy) is 1. The van der Waals surface area contributed by atoms with Crippen molar-refractivity contribution in [3.05, 3.63) is 23.3 Å². The summed E-state index contributed by atoms with van der Waals surface area (Å²) in [5, 5.41) is 8.65. The van der Waals surface area contributed by atoms with Crippen molar-refractivity contribution in [1.82, 2.24) is 0 Å². The minimum absolute atomic E-state index is 0.301. The number of benzene rings is 1. The van der Waals surface area contributed by atoms with Crippen LogP contribution in [0.15, 0.2) is 17.0 Å². The van der Waals surface area contributed by atoms with Gasteiger partial charge in [-0.15, -0.1) is 0 Å². The summed E-state index contributed by atoms with van der Waals surface area (Å²) in [4.78, 5) is -1.15. The second-order valence-corrected chi connectivity index (χ2v) is 5.63. The molecule has 0 atom stereocenters. The summed E-state index contributed by atoms with van der Waals surface area (Å²) in [6, 6.07) is 2.43. The van der Waals surface area contributed by atoms with Crippen LogP contribution in [0.2, 0.25) is 0 Å². The van der Waals surface area contributed by atoms with Gasteiger partial charge in [0.2, 0.25) is 0 Å². The molecule has 98 valence electrons. The molecule has 0 fully saturated rings.